The smallest absolute Gasteiger partial charge is 0.264 e. The van der Waals surface area contributed by atoms with E-state index in [0.717, 1.165) is 35.7 Å². The Labute approximate surface area is 175 Å². The van der Waals surface area contributed by atoms with Gasteiger partial charge in [-0.15, -0.1) is 0 Å². The van der Waals surface area contributed by atoms with Gasteiger partial charge in [0.15, 0.2) is 11.5 Å². The Bertz CT molecular complexity index is 979. The van der Waals surface area contributed by atoms with Crippen LogP contribution < -0.4 is 19.1 Å². The number of rotatable bonds is 9. The molecular formula is C21H25FN2O5S. The molecule has 3 rings (SSSR count). The summed E-state index contributed by atoms with van der Waals surface area (Å²) in [6.07, 6.45) is 2.79. The third-order valence-corrected chi connectivity index (χ3v) is 6.38. The number of fused-ring (bicyclic) bond motifs is 1. The van der Waals surface area contributed by atoms with E-state index in [2.05, 4.69) is 12.2 Å². The summed E-state index contributed by atoms with van der Waals surface area (Å²) in [4.78, 5) is 12.4. The fourth-order valence-corrected chi connectivity index (χ4v) is 4.46. The van der Waals surface area contributed by atoms with Gasteiger partial charge in [-0.3, -0.25) is 9.10 Å². The highest BCUT2D eigenvalue weighted by atomic mass is 32.2. The van der Waals surface area contributed by atoms with Crippen LogP contribution in [0.5, 0.6) is 11.5 Å². The average Bonchev–Trinajstić information content (AvgIpc) is 2.75. The molecule has 0 aromatic heterocycles. The predicted octanol–water partition coefficient (Wildman–Crippen LogP) is 3.10. The Morgan fingerprint density at radius 3 is 2.47 bits per heavy atom. The molecule has 2 aromatic carbocycles. The lowest BCUT2D eigenvalue weighted by Gasteiger charge is -2.25. The van der Waals surface area contributed by atoms with Gasteiger partial charge in [-0.2, -0.15) is 0 Å². The van der Waals surface area contributed by atoms with Crippen LogP contribution in [0.25, 0.3) is 0 Å². The number of halogens is 1. The third kappa shape index (κ3) is 5.21. The average molecular weight is 437 g/mol. The summed E-state index contributed by atoms with van der Waals surface area (Å²) in [6.45, 7) is 2.80. The molecule has 0 bridgehead atoms. The van der Waals surface area contributed by atoms with Crippen molar-refractivity contribution in [2.24, 2.45) is 0 Å². The van der Waals surface area contributed by atoms with Gasteiger partial charge in [0.1, 0.15) is 25.6 Å². The van der Waals surface area contributed by atoms with Crippen molar-refractivity contribution in [2.45, 2.75) is 31.1 Å². The normalized spacial score (nSPS) is 13.0. The van der Waals surface area contributed by atoms with Crippen molar-refractivity contribution < 1.29 is 27.1 Å². The molecule has 30 heavy (non-hydrogen) atoms. The second-order valence-corrected chi connectivity index (χ2v) is 8.71. The molecular weight excluding hydrogens is 411 g/mol. The van der Waals surface area contributed by atoms with Gasteiger partial charge >= 0.3 is 0 Å². The number of carbonyl (C=O) groups excluding carboxylic acids is 1. The van der Waals surface area contributed by atoms with Crippen molar-refractivity contribution in [1.82, 2.24) is 5.32 Å². The molecule has 0 saturated carbocycles. The van der Waals surface area contributed by atoms with Gasteiger partial charge in [-0.25, -0.2) is 12.8 Å². The van der Waals surface area contributed by atoms with Crippen molar-refractivity contribution in [2.75, 3.05) is 30.6 Å². The Balaban J connectivity index is 1.88. The first-order chi connectivity index (χ1) is 14.4. The summed E-state index contributed by atoms with van der Waals surface area (Å²) in [5.41, 5.74) is 0.190. The number of hydrogen-bond donors (Lipinski definition) is 1. The first-order valence-corrected chi connectivity index (χ1v) is 11.3. The lowest BCUT2D eigenvalue weighted by Crippen LogP contribution is -2.41. The van der Waals surface area contributed by atoms with E-state index in [1.807, 2.05) is 0 Å². The molecule has 2 aromatic rings. The van der Waals surface area contributed by atoms with Crippen molar-refractivity contribution >= 4 is 21.6 Å². The van der Waals surface area contributed by atoms with Gasteiger partial charge in [-0.1, -0.05) is 19.8 Å². The molecule has 0 unspecified atom stereocenters. The molecule has 7 nitrogen and oxygen atoms in total. The summed E-state index contributed by atoms with van der Waals surface area (Å²) in [5.74, 6) is -0.149. The summed E-state index contributed by atoms with van der Waals surface area (Å²) in [5, 5.41) is 2.74. The molecule has 0 saturated heterocycles. The number of amides is 1. The van der Waals surface area contributed by atoms with Crippen molar-refractivity contribution in [3.8, 4) is 11.5 Å². The maximum atomic E-state index is 13.4. The quantitative estimate of drug-likeness (QED) is 0.611. The summed E-state index contributed by atoms with van der Waals surface area (Å²) in [6, 6.07) is 9.26. The molecule has 0 fully saturated rings. The summed E-state index contributed by atoms with van der Waals surface area (Å²) >= 11 is 0. The van der Waals surface area contributed by atoms with E-state index in [0.29, 0.717) is 31.3 Å². The molecule has 0 aliphatic carbocycles. The number of ether oxygens (including phenoxy) is 2. The number of sulfonamides is 1. The maximum Gasteiger partial charge on any atom is 0.264 e. The SMILES string of the molecule is CCCCCNC(=O)CN(c1ccc(F)cc1)S(=O)(=O)c1ccc2c(c1)OCCO2. The number of nitrogens with one attached hydrogen (secondary N) is 1. The first-order valence-electron chi connectivity index (χ1n) is 9.86. The zero-order chi connectivity index (χ0) is 21.6. The second kappa shape index (κ2) is 9.80. The van der Waals surface area contributed by atoms with Crippen LogP contribution >= 0.6 is 0 Å². The lowest BCUT2D eigenvalue weighted by atomic mass is 10.2. The highest BCUT2D eigenvalue weighted by molar-refractivity contribution is 7.92. The van der Waals surface area contributed by atoms with E-state index in [1.54, 1.807) is 0 Å². The fourth-order valence-electron chi connectivity index (χ4n) is 3.02. The number of benzene rings is 2. The minimum absolute atomic E-state index is 0.0464. The number of unbranched alkanes of at least 4 members (excludes halogenated alkanes) is 2. The van der Waals surface area contributed by atoms with E-state index in [-0.39, 0.29) is 10.6 Å². The van der Waals surface area contributed by atoms with Crippen LogP contribution in [-0.4, -0.2) is 40.6 Å². The van der Waals surface area contributed by atoms with Crippen molar-refractivity contribution in [3.63, 3.8) is 0 Å². The second-order valence-electron chi connectivity index (χ2n) is 6.85. The van der Waals surface area contributed by atoms with Gasteiger partial charge in [0, 0.05) is 12.6 Å². The Morgan fingerprint density at radius 2 is 1.77 bits per heavy atom. The van der Waals surface area contributed by atoms with E-state index in [9.17, 15) is 17.6 Å². The van der Waals surface area contributed by atoms with Crippen LogP contribution in [0, 0.1) is 5.82 Å². The molecule has 0 radical (unpaired) electrons. The van der Waals surface area contributed by atoms with Crippen LogP contribution in [0.3, 0.4) is 0 Å². The minimum Gasteiger partial charge on any atom is -0.486 e. The zero-order valence-corrected chi connectivity index (χ0v) is 17.6. The van der Waals surface area contributed by atoms with Crippen LogP contribution in [0.2, 0.25) is 0 Å². The molecule has 1 aliphatic heterocycles. The van der Waals surface area contributed by atoms with Gasteiger partial charge < -0.3 is 14.8 Å². The first kappa shape index (κ1) is 21.9. The third-order valence-electron chi connectivity index (χ3n) is 4.61. The number of carbonyl (C=O) groups is 1. The standard InChI is InChI=1S/C21H25FN2O5S/c1-2-3-4-11-23-21(25)15-24(17-7-5-16(22)6-8-17)30(26,27)18-9-10-19-20(14-18)29-13-12-28-19/h5-10,14H,2-4,11-13,15H2,1H3,(H,23,25). The van der Waals surface area contributed by atoms with E-state index in [1.165, 1.54) is 30.3 Å². The zero-order valence-electron chi connectivity index (χ0n) is 16.8. The summed E-state index contributed by atoms with van der Waals surface area (Å²) < 4.78 is 52.0. The Kier molecular flexibility index (Phi) is 7.15. The van der Waals surface area contributed by atoms with Gasteiger partial charge in [0.25, 0.3) is 10.0 Å². The minimum atomic E-state index is -4.12. The Morgan fingerprint density at radius 1 is 1.07 bits per heavy atom. The van der Waals surface area contributed by atoms with E-state index < -0.39 is 28.3 Å². The molecule has 162 valence electrons. The van der Waals surface area contributed by atoms with Crippen molar-refractivity contribution in [3.05, 3.63) is 48.3 Å². The highest BCUT2D eigenvalue weighted by Crippen LogP contribution is 2.34. The number of nitrogens with zero attached hydrogens (tertiary/aromatic N) is 1. The van der Waals surface area contributed by atoms with Crippen molar-refractivity contribution in [1.29, 1.82) is 0 Å². The van der Waals surface area contributed by atoms with Crippen LogP contribution in [0.4, 0.5) is 10.1 Å². The van der Waals surface area contributed by atoms with Gasteiger partial charge in [0.2, 0.25) is 5.91 Å². The molecule has 1 aliphatic rings. The summed E-state index contributed by atoms with van der Waals surface area (Å²) in [7, 11) is -4.12. The molecule has 1 amide bonds. The molecule has 0 spiro atoms. The molecule has 1 heterocycles. The van der Waals surface area contributed by atoms with Gasteiger partial charge in [0.05, 0.1) is 10.6 Å². The van der Waals surface area contributed by atoms with E-state index in [4.69, 9.17) is 9.47 Å². The largest absolute Gasteiger partial charge is 0.486 e. The van der Waals surface area contributed by atoms with Crippen LogP contribution in [0.15, 0.2) is 47.4 Å². The fraction of sp³-hybridized carbons (Fsp3) is 0.381. The number of hydrogen-bond acceptors (Lipinski definition) is 5. The molecule has 9 heteroatoms. The number of anilines is 1. The topological polar surface area (TPSA) is 84.9 Å². The Hall–Kier alpha value is -2.81. The predicted molar refractivity (Wildman–Crippen MR) is 111 cm³/mol. The molecule has 1 N–H and O–H groups in total. The highest BCUT2D eigenvalue weighted by Gasteiger charge is 2.29. The lowest BCUT2D eigenvalue weighted by molar-refractivity contribution is -0.119. The maximum absolute atomic E-state index is 13.4. The monoisotopic (exact) mass is 436 g/mol. The van der Waals surface area contributed by atoms with Crippen LogP contribution in [0.1, 0.15) is 26.2 Å². The van der Waals surface area contributed by atoms with E-state index >= 15 is 0 Å². The molecule has 0 atom stereocenters. The van der Waals surface area contributed by atoms with Gasteiger partial charge in [-0.05, 0) is 42.8 Å². The van der Waals surface area contributed by atoms with Crippen LogP contribution in [-0.2, 0) is 14.8 Å².